The zero-order valence-corrected chi connectivity index (χ0v) is 8.62. The van der Waals surface area contributed by atoms with E-state index in [0.29, 0.717) is 0 Å². The summed E-state index contributed by atoms with van der Waals surface area (Å²) >= 11 is 0. The van der Waals surface area contributed by atoms with Gasteiger partial charge in [-0.2, -0.15) is 0 Å². The number of nitrogens with zero attached hydrogens (tertiary/aromatic N) is 1. The van der Waals surface area contributed by atoms with Crippen LogP contribution in [0.4, 0.5) is 5.69 Å². The quantitative estimate of drug-likeness (QED) is 0.472. The van der Waals surface area contributed by atoms with Gasteiger partial charge in [0.1, 0.15) is 0 Å². The van der Waals surface area contributed by atoms with E-state index in [0.717, 1.165) is 6.07 Å². The third-order valence-corrected chi connectivity index (χ3v) is 1.91. The summed E-state index contributed by atoms with van der Waals surface area (Å²) in [7, 11) is 0. The lowest BCUT2D eigenvalue weighted by Crippen LogP contribution is -2.15. The van der Waals surface area contributed by atoms with Crippen LogP contribution < -0.4 is 0 Å². The van der Waals surface area contributed by atoms with Crippen LogP contribution in [0, 0.1) is 10.1 Å². The molecule has 0 unspecified atom stereocenters. The minimum atomic E-state index is -1.49. The summed E-state index contributed by atoms with van der Waals surface area (Å²) in [4.78, 5) is 21.1. The van der Waals surface area contributed by atoms with Gasteiger partial charge in [0.2, 0.25) is 0 Å². The number of hydrogen-bond donors (Lipinski definition) is 1. The van der Waals surface area contributed by atoms with Gasteiger partial charge in [0.25, 0.3) is 5.69 Å². The number of rotatable bonds is 4. The first kappa shape index (κ1) is 12.1. The Kier molecular flexibility index (Phi) is 3.96. The summed E-state index contributed by atoms with van der Waals surface area (Å²) in [6.07, 6.45) is -1.49. The van der Waals surface area contributed by atoms with Gasteiger partial charge < -0.3 is 9.84 Å². The molecule has 0 heterocycles. The zero-order valence-electron chi connectivity index (χ0n) is 8.62. The van der Waals surface area contributed by atoms with Crippen molar-refractivity contribution in [3.8, 4) is 0 Å². The van der Waals surface area contributed by atoms with Crippen molar-refractivity contribution in [2.24, 2.45) is 0 Å². The molecule has 0 spiro atoms. The number of nitro groups is 1. The third-order valence-electron chi connectivity index (χ3n) is 1.91. The van der Waals surface area contributed by atoms with E-state index in [4.69, 9.17) is 0 Å². The van der Waals surface area contributed by atoms with Crippen molar-refractivity contribution in [3.05, 3.63) is 39.9 Å². The highest BCUT2D eigenvalue weighted by Crippen LogP contribution is 2.20. The molecule has 1 rings (SSSR count). The summed E-state index contributed by atoms with van der Waals surface area (Å²) < 4.78 is 4.60. The molecule has 0 radical (unpaired) electrons. The lowest BCUT2D eigenvalue weighted by atomic mass is 10.1. The van der Waals surface area contributed by atoms with E-state index in [1.807, 2.05) is 0 Å². The van der Waals surface area contributed by atoms with Gasteiger partial charge in [-0.3, -0.25) is 10.1 Å². The van der Waals surface area contributed by atoms with Gasteiger partial charge in [0.05, 0.1) is 11.5 Å². The first-order valence-electron chi connectivity index (χ1n) is 4.65. The van der Waals surface area contributed by atoms with Crippen LogP contribution in [0.15, 0.2) is 24.3 Å². The van der Waals surface area contributed by atoms with Crippen LogP contribution in [-0.2, 0) is 9.53 Å². The summed E-state index contributed by atoms with van der Waals surface area (Å²) in [5.74, 6) is -0.817. The molecule has 0 amide bonds. The van der Waals surface area contributed by atoms with Crippen molar-refractivity contribution >= 4 is 11.7 Å². The van der Waals surface area contributed by atoms with Crippen molar-refractivity contribution in [1.29, 1.82) is 0 Å². The number of non-ortho nitro benzene ring substituents is 1. The molecular formula is C10H11NO5. The van der Waals surface area contributed by atoms with Gasteiger partial charge in [-0.05, 0) is 12.5 Å². The van der Waals surface area contributed by atoms with Crippen LogP contribution in [0.5, 0.6) is 0 Å². The Bertz CT molecular complexity index is 404. The van der Waals surface area contributed by atoms with Crippen LogP contribution in [0.2, 0.25) is 0 Å². The average molecular weight is 225 g/mol. The van der Waals surface area contributed by atoms with Gasteiger partial charge in [0.15, 0.2) is 6.10 Å². The van der Waals surface area contributed by atoms with Crippen LogP contribution in [0.25, 0.3) is 0 Å². The van der Waals surface area contributed by atoms with Gasteiger partial charge in [0, 0.05) is 12.1 Å². The van der Waals surface area contributed by atoms with E-state index in [-0.39, 0.29) is 17.9 Å². The lowest BCUT2D eigenvalue weighted by Gasteiger charge is -2.09. The smallest absolute Gasteiger partial charge is 0.339 e. The van der Waals surface area contributed by atoms with Crippen LogP contribution in [0.1, 0.15) is 18.6 Å². The molecule has 6 heteroatoms. The predicted molar refractivity (Wildman–Crippen MR) is 54.7 cm³/mol. The summed E-state index contributed by atoms with van der Waals surface area (Å²) in [6, 6.07) is 5.24. The fourth-order valence-corrected chi connectivity index (χ4v) is 1.17. The Hall–Kier alpha value is -1.95. The number of aliphatic hydroxyl groups excluding tert-OH is 1. The second-order valence-electron chi connectivity index (χ2n) is 3.01. The predicted octanol–water partition coefficient (Wildman–Crippen LogP) is 1.19. The molecule has 0 saturated heterocycles. The fourth-order valence-electron chi connectivity index (χ4n) is 1.17. The molecular weight excluding hydrogens is 214 g/mol. The molecule has 16 heavy (non-hydrogen) atoms. The Labute approximate surface area is 91.6 Å². The average Bonchev–Trinajstić information content (AvgIpc) is 2.28. The molecule has 1 aromatic rings. The normalized spacial score (nSPS) is 11.9. The van der Waals surface area contributed by atoms with E-state index >= 15 is 0 Å². The third kappa shape index (κ3) is 2.77. The van der Waals surface area contributed by atoms with Crippen molar-refractivity contribution in [2.45, 2.75) is 13.0 Å². The maximum atomic E-state index is 11.2. The molecule has 0 fully saturated rings. The minimum Gasteiger partial charge on any atom is -0.464 e. The lowest BCUT2D eigenvalue weighted by molar-refractivity contribution is -0.385. The Morgan fingerprint density at radius 2 is 2.31 bits per heavy atom. The Morgan fingerprint density at radius 3 is 2.88 bits per heavy atom. The first-order valence-corrected chi connectivity index (χ1v) is 4.65. The van der Waals surface area contributed by atoms with Gasteiger partial charge in [-0.1, -0.05) is 12.1 Å². The van der Waals surface area contributed by atoms with Crippen molar-refractivity contribution in [3.63, 3.8) is 0 Å². The van der Waals surface area contributed by atoms with Crippen LogP contribution in [0.3, 0.4) is 0 Å². The highest BCUT2D eigenvalue weighted by atomic mass is 16.6. The molecule has 6 nitrogen and oxygen atoms in total. The van der Waals surface area contributed by atoms with E-state index in [1.165, 1.54) is 18.2 Å². The maximum absolute atomic E-state index is 11.2. The number of esters is 1. The van der Waals surface area contributed by atoms with Gasteiger partial charge in [-0.15, -0.1) is 0 Å². The molecule has 0 aliphatic heterocycles. The van der Waals surface area contributed by atoms with E-state index in [1.54, 1.807) is 6.92 Å². The second-order valence-corrected chi connectivity index (χ2v) is 3.01. The molecule has 1 N–H and O–H groups in total. The van der Waals surface area contributed by atoms with E-state index in [2.05, 4.69) is 4.74 Å². The Morgan fingerprint density at radius 1 is 1.62 bits per heavy atom. The molecule has 1 atom stereocenters. The van der Waals surface area contributed by atoms with Crippen molar-refractivity contribution in [1.82, 2.24) is 0 Å². The summed E-state index contributed by atoms with van der Waals surface area (Å²) in [6.45, 7) is 1.75. The fraction of sp³-hybridized carbons (Fsp3) is 0.300. The molecule has 0 aliphatic carbocycles. The number of carbonyl (C=O) groups is 1. The number of carbonyl (C=O) groups excluding carboxylic acids is 1. The van der Waals surface area contributed by atoms with Gasteiger partial charge >= 0.3 is 5.97 Å². The molecule has 0 aromatic heterocycles. The molecule has 0 saturated carbocycles. The second kappa shape index (κ2) is 5.22. The molecule has 86 valence electrons. The van der Waals surface area contributed by atoms with E-state index in [9.17, 15) is 20.0 Å². The van der Waals surface area contributed by atoms with E-state index < -0.39 is 17.0 Å². The topological polar surface area (TPSA) is 89.7 Å². The standard InChI is InChI=1S/C10H11NO5/c1-2-16-10(13)9(12)7-4-3-5-8(6-7)11(14)15/h3-6,9,12H,2H2,1H3/t9-/m1/s1. The monoisotopic (exact) mass is 225 g/mol. The molecule has 1 aromatic carbocycles. The number of aliphatic hydroxyl groups is 1. The SMILES string of the molecule is CCOC(=O)[C@H](O)c1cccc([N+](=O)[O-])c1. The molecule has 0 bridgehead atoms. The number of nitro benzene ring substituents is 1. The number of ether oxygens (including phenoxy) is 1. The summed E-state index contributed by atoms with van der Waals surface area (Å²) in [5.41, 5.74) is -0.0338. The van der Waals surface area contributed by atoms with Crippen LogP contribution >= 0.6 is 0 Å². The maximum Gasteiger partial charge on any atom is 0.339 e. The first-order chi connectivity index (χ1) is 7.56. The highest BCUT2D eigenvalue weighted by Gasteiger charge is 2.20. The Balaban J connectivity index is 2.91. The largest absolute Gasteiger partial charge is 0.464 e. The minimum absolute atomic E-state index is 0.144. The number of hydrogen-bond acceptors (Lipinski definition) is 5. The highest BCUT2D eigenvalue weighted by molar-refractivity contribution is 5.76. The molecule has 0 aliphatic rings. The van der Waals surface area contributed by atoms with Crippen LogP contribution in [-0.4, -0.2) is 22.6 Å². The number of benzene rings is 1. The van der Waals surface area contributed by atoms with Crippen molar-refractivity contribution in [2.75, 3.05) is 6.61 Å². The van der Waals surface area contributed by atoms with Gasteiger partial charge in [-0.25, -0.2) is 4.79 Å². The van der Waals surface area contributed by atoms with Crippen molar-refractivity contribution < 1.29 is 19.6 Å². The zero-order chi connectivity index (χ0) is 12.1. The summed E-state index contributed by atoms with van der Waals surface area (Å²) in [5, 5.41) is 20.0.